The Labute approximate surface area is 125 Å². The Bertz CT molecular complexity index is 836. The zero-order valence-corrected chi connectivity index (χ0v) is 12.3. The molecule has 1 unspecified atom stereocenters. The first-order chi connectivity index (χ1) is 10.2. The third-order valence-corrected chi connectivity index (χ3v) is 4.52. The molecule has 0 fully saturated rings. The normalized spacial score (nSPS) is 12.2. The molecule has 0 aliphatic rings. The highest BCUT2D eigenvalue weighted by Crippen LogP contribution is 2.20. The van der Waals surface area contributed by atoms with Gasteiger partial charge in [-0.1, -0.05) is 41.9 Å². The fourth-order valence-electron chi connectivity index (χ4n) is 2.12. The minimum atomic E-state index is -0.546. The number of anilines is 1. The van der Waals surface area contributed by atoms with Crippen molar-refractivity contribution in [2.45, 2.75) is 13.0 Å². The SMILES string of the molecule is CC(C(=O)Nc1ccccc1)n1sc2ccccc2c1=O. The highest BCUT2D eigenvalue weighted by Gasteiger charge is 2.19. The molecule has 1 N–H and O–H groups in total. The van der Waals surface area contributed by atoms with Gasteiger partial charge in [-0.3, -0.25) is 13.5 Å². The van der Waals surface area contributed by atoms with Crippen molar-refractivity contribution in [2.75, 3.05) is 5.32 Å². The molecule has 0 saturated carbocycles. The molecule has 0 saturated heterocycles. The Hall–Kier alpha value is -2.40. The van der Waals surface area contributed by atoms with Crippen LogP contribution in [0.5, 0.6) is 0 Å². The molecule has 106 valence electrons. The summed E-state index contributed by atoms with van der Waals surface area (Å²) in [6, 6.07) is 16.1. The standard InChI is InChI=1S/C16H14N2O2S/c1-11(15(19)17-12-7-3-2-4-8-12)18-16(20)13-9-5-6-10-14(13)21-18/h2-11H,1H3,(H,17,19). The third kappa shape index (κ3) is 2.60. The van der Waals surface area contributed by atoms with Crippen LogP contribution in [0.25, 0.3) is 10.1 Å². The van der Waals surface area contributed by atoms with Crippen molar-refractivity contribution in [3.8, 4) is 0 Å². The molecule has 0 spiro atoms. The van der Waals surface area contributed by atoms with Crippen LogP contribution in [-0.4, -0.2) is 9.86 Å². The zero-order valence-electron chi connectivity index (χ0n) is 11.4. The molecule has 3 aromatic rings. The van der Waals surface area contributed by atoms with E-state index in [-0.39, 0.29) is 11.5 Å². The molecule has 1 amide bonds. The van der Waals surface area contributed by atoms with Crippen LogP contribution in [0.4, 0.5) is 5.69 Å². The van der Waals surface area contributed by atoms with E-state index < -0.39 is 6.04 Å². The average molecular weight is 298 g/mol. The number of carbonyl (C=O) groups excluding carboxylic acids is 1. The summed E-state index contributed by atoms with van der Waals surface area (Å²) in [7, 11) is 0. The number of hydrogen-bond acceptors (Lipinski definition) is 3. The van der Waals surface area contributed by atoms with Crippen molar-refractivity contribution in [3.05, 3.63) is 65.0 Å². The smallest absolute Gasteiger partial charge is 0.269 e. The van der Waals surface area contributed by atoms with Crippen LogP contribution in [0.2, 0.25) is 0 Å². The number of fused-ring (bicyclic) bond motifs is 1. The topological polar surface area (TPSA) is 51.1 Å². The predicted octanol–water partition coefficient (Wildman–Crippen LogP) is 3.26. The van der Waals surface area contributed by atoms with Crippen LogP contribution in [0.15, 0.2) is 59.4 Å². The number of aromatic nitrogens is 1. The Kier molecular flexibility index (Phi) is 3.58. The second-order valence-corrected chi connectivity index (χ2v) is 5.77. The molecular formula is C16H14N2O2S. The molecular weight excluding hydrogens is 284 g/mol. The Morgan fingerprint density at radius 3 is 2.48 bits per heavy atom. The summed E-state index contributed by atoms with van der Waals surface area (Å²) < 4.78 is 2.41. The largest absolute Gasteiger partial charge is 0.324 e. The van der Waals surface area contributed by atoms with Crippen molar-refractivity contribution in [2.24, 2.45) is 0 Å². The summed E-state index contributed by atoms with van der Waals surface area (Å²) in [6.45, 7) is 1.73. The molecule has 0 radical (unpaired) electrons. The summed E-state index contributed by atoms with van der Waals surface area (Å²) in [5, 5.41) is 3.47. The maximum absolute atomic E-state index is 12.3. The monoisotopic (exact) mass is 298 g/mol. The maximum Gasteiger partial charge on any atom is 0.269 e. The first kappa shape index (κ1) is 13.6. The highest BCUT2D eigenvalue weighted by atomic mass is 32.1. The summed E-state index contributed by atoms with van der Waals surface area (Å²) in [4.78, 5) is 24.6. The van der Waals surface area contributed by atoms with Crippen molar-refractivity contribution >= 4 is 33.2 Å². The van der Waals surface area contributed by atoms with Gasteiger partial charge in [0.15, 0.2) is 0 Å². The lowest BCUT2D eigenvalue weighted by molar-refractivity contribution is -0.118. The molecule has 2 aromatic carbocycles. The number of hydrogen-bond donors (Lipinski definition) is 1. The lowest BCUT2D eigenvalue weighted by Gasteiger charge is -2.12. The lowest BCUT2D eigenvalue weighted by Crippen LogP contribution is -2.28. The van der Waals surface area contributed by atoms with Gasteiger partial charge in [0.25, 0.3) is 5.56 Å². The van der Waals surface area contributed by atoms with Gasteiger partial charge in [0, 0.05) is 5.69 Å². The minimum Gasteiger partial charge on any atom is -0.324 e. The third-order valence-electron chi connectivity index (χ3n) is 3.29. The van der Waals surface area contributed by atoms with Crippen LogP contribution >= 0.6 is 11.5 Å². The molecule has 4 nitrogen and oxygen atoms in total. The second kappa shape index (κ2) is 5.54. The van der Waals surface area contributed by atoms with Crippen molar-refractivity contribution in [1.82, 2.24) is 3.96 Å². The molecule has 1 atom stereocenters. The Morgan fingerprint density at radius 1 is 1.10 bits per heavy atom. The maximum atomic E-state index is 12.3. The molecule has 1 aromatic heterocycles. The van der Waals surface area contributed by atoms with E-state index >= 15 is 0 Å². The quantitative estimate of drug-likeness (QED) is 0.807. The highest BCUT2D eigenvalue weighted by molar-refractivity contribution is 7.14. The molecule has 3 rings (SSSR count). The van der Waals surface area contributed by atoms with Crippen molar-refractivity contribution in [3.63, 3.8) is 0 Å². The van der Waals surface area contributed by atoms with Crippen LogP contribution in [0.3, 0.4) is 0 Å². The van der Waals surface area contributed by atoms with E-state index in [0.29, 0.717) is 5.39 Å². The van der Waals surface area contributed by atoms with Gasteiger partial charge >= 0.3 is 0 Å². The van der Waals surface area contributed by atoms with Gasteiger partial charge in [0.05, 0.1) is 10.1 Å². The number of para-hydroxylation sites is 1. The number of carbonyl (C=O) groups is 1. The van der Waals surface area contributed by atoms with E-state index in [4.69, 9.17) is 0 Å². The van der Waals surface area contributed by atoms with E-state index in [1.54, 1.807) is 13.0 Å². The van der Waals surface area contributed by atoms with Gasteiger partial charge in [-0.2, -0.15) is 0 Å². The number of nitrogens with one attached hydrogen (secondary N) is 1. The molecule has 21 heavy (non-hydrogen) atoms. The number of benzene rings is 2. The molecule has 0 bridgehead atoms. The predicted molar refractivity (Wildman–Crippen MR) is 85.9 cm³/mol. The van der Waals surface area contributed by atoms with Crippen molar-refractivity contribution < 1.29 is 4.79 Å². The zero-order chi connectivity index (χ0) is 14.8. The summed E-state index contributed by atoms with van der Waals surface area (Å²) in [6.07, 6.45) is 0. The first-order valence-corrected chi connectivity index (χ1v) is 7.40. The van der Waals surface area contributed by atoms with Gasteiger partial charge in [-0.25, -0.2) is 0 Å². The molecule has 5 heteroatoms. The van der Waals surface area contributed by atoms with Gasteiger partial charge in [0.1, 0.15) is 6.04 Å². The summed E-state index contributed by atoms with van der Waals surface area (Å²) in [5.41, 5.74) is 0.606. The van der Waals surface area contributed by atoms with E-state index in [0.717, 1.165) is 10.4 Å². The molecule has 0 aliphatic carbocycles. The van der Waals surface area contributed by atoms with Crippen LogP contribution in [0.1, 0.15) is 13.0 Å². The van der Waals surface area contributed by atoms with E-state index in [1.807, 2.05) is 48.5 Å². The number of rotatable bonds is 3. The molecule has 0 aliphatic heterocycles. The average Bonchev–Trinajstić information content (AvgIpc) is 2.85. The van der Waals surface area contributed by atoms with E-state index in [1.165, 1.54) is 15.5 Å². The Morgan fingerprint density at radius 2 is 1.76 bits per heavy atom. The van der Waals surface area contributed by atoms with Crippen LogP contribution in [0, 0.1) is 0 Å². The number of nitrogens with zero attached hydrogens (tertiary/aromatic N) is 1. The van der Waals surface area contributed by atoms with Crippen LogP contribution in [-0.2, 0) is 4.79 Å². The Balaban J connectivity index is 1.90. The van der Waals surface area contributed by atoms with Crippen LogP contribution < -0.4 is 10.9 Å². The van der Waals surface area contributed by atoms with Gasteiger partial charge in [-0.15, -0.1) is 0 Å². The van der Waals surface area contributed by atoms with E-state index in [9.17, 15) is 9.59 Å². The van der Waals surface area contributed by atoms with E-state index in [2.05, 4.69) is 5.32 Å². The number of amides is 1. The van der Waals surface area contributed by atoms with Gasteiger partial charge in [-0.05, 0) is 31.2 Å². The minimum absolute atomic E-state index is 0.119. The van der Waals surface area contributed by atoms with Crippen molar-refractivity contribution in [1.29, 1.82) is 0 Å². The van der Waals surface area contributed by atoms with Gasteiger partial charge < -0.3 is 5.32 Å². The van der Waals surface area contributed by atoms with Gasteiger partial charge in [0.2, 0.25) is 5.91 Å². The fourth-order valence-corrected chi connectivity index (χ4v) is 3.16. The summed E-state index contributed by atoms with van der Waals surface area (Å²) in [5.74, 6) is -0.199. The lowest BCUT2D eigenvalue weighted by atomic mass is 10.2. The second-order valence-electron chi connectivity index (χ2n) is 4.75. The first-order valence-electron chi connectivity index (χ1n) is 6.63. The molecule has 1 heterocycles. The fraction of sp³-hybridized carbons (Fsp3) is 0.125. The summed E-state index contributed by atoms with van der Waals surface area (Å²) >= 11 is 1.31.